The van der Waals surface area contributed by atoms with Gasteiger partial charge in [-0.2, -0.15) is 0 Å². The third-order valence-electron chi connectivity index (χ3n) is 10.8. The number of rotatable bonds is 3. The van der Waals surface area contributed by atoms with Gasteiger partial charge in [-0.3, -0.25) is 9.59 Å². The van der Waals surface area contributed by atoms with Gasteiger partial charge in [-0.05, 0) is 73.0 Å². The molecule has 5 unspecified atom stereocenters. The maximum Gasteiger partial charge on any atom is 0.160 e. The lowest BCUT2D eigenvalue weighted by Crippen LogP contribution is -2.60. The summed E-state index contributed by atoms with van der Waals surface area (Å²) in [5.74, 6) is 3.36. The highest BCUT2D eigenvalue weighted by Gasteiger charge is 2.65. The topological polar surface area (TPSA) is 52.6 Å². The SMILES string of the molecule is CCC1C(=O)C2C(CC[C@@]3(C)C2CC[C@@H]3[C@H](C)C2OCCO2)[C@@]2(C)CCC(=O)CC12. The molecule has 0 aromatic rings. The number of ether oxygens (including phenoxy) is 2. The van der Waals surface area contributed by atoms with Gasteiger partial charge in [0.2, 0.25) is 0 Å². The Morgan fingerprint density at radius 1 is 0.967 bits per heavy atom. The van der Waals surface area contributed by atoms with Crippen LogP contribution < -0.4 is 0 Å². The van der Waals surface area contributed by atoms with Gasteiger partial charge < -0.3 is 9.47 Å². The number of carbonyl (C=O) groups excluding carboxylic acids is 2. The molecule has 4 heteroatoms. The van der Waals surface area contributed by atoms with Crippen LogP contribution in [0.15, 0.2) is 0 Å². The Labute approximate surface area is 181 Å². The zero-order chi connectivity index (χ0) is 21.3. The molecule has 4 saturated carbocycles. The van der Waals surface area contributed by atoms with Crippen molar-refractivity contribution < 1.29 is 19.1 Å². The molecule has 0 N–H and O–H groups in total. The van der Waals surface area contributed by atoms with Crippen molar-refractivity contribution in [2.45, 2.75) is 85.4 Å². The van der Waals surface area contributed by atoms with Crippen LogP contribution in [0.3, 0.4) is 0 Å². The Hall–Kier alpha value is -0.740. The van der Waals surface area contributed by atoms with E-state index in [4.69, 9.17) is 9.47 Å². The van der Waals surface area contributed by atoms with Gasteiger partial charge >= 0.3 is 0 Å². The minimum atomic E-state index is -0.0694. The molecule has 0 radical (unpaired) electrons. The van der Waals surface area contributed by atoms with Crippen LogP contribution in [0.5, 0.6) is 0 Å². The molecule has 1 aliphatic heterocycles. The predicted molar refractivity (Wildman–Crippen MR) is 115 cm³/mol. The van der Waals surface area contributed by atoms with Crippen LogP contribution in [0.25, 0.3) is 0 Å². The normalized spacial score (nSPS) is 50.1. The van der Waals surface area contributed by atoms with Gasteiger partial charge in [-0.1, -0.05) is 27.7 Å². The van der Waals surface area contributed by atoms with Crippen LogP contribution in [0.1, 0.15) is 79.1 Å². The third kappa shape index (κ3) is 2.85. The molecule has 9 atom stereocenters. The van der Waals surface area contributed by atoms with E-state index >= 15 is 0 Å². The number of Topliss-reactive ketones (excluding diaryl/α,β-unsaturated/α-hetero) is 2. The molecule has 5 fully saturated rings. The number of ketones is 2. The van der Waals surface area contributed by atoms with Crippen LogP contribution in [-0.2, 0) is 19.1 Å². The molecule has 1 saturated heterocycles. The smallest absolute Gasteiger partial charge is 0.160 e. The highest BCUT2D eigenvalue weighted by atomic mass is 16.7. The summed E-state index contributed by atoms with van der Waals surface area (Å²) in [4.78, 5) is 26.3. The van der Waals surface area contributed by atoms with E-state index in [0.29, 0.717) is 54.9 Å². The molecule has 5 aliphatic rings. The molecule has 0 amide bonds. The quantitative estimate of drug-likeness (QED) is 0.647. The molecule has 0 aromatic heterocycles. The van der Waals surface area contributed by atoms with E-state index in [2.05, 4.69) is 27.7 Å². The number of fused-ring (bicyclic) bond motifs is 5. The van der Waals surface area contributed by atoms with Gasteiger partial charge in [0.05, 0.1) is 13.2 Å². The summed E-state index contributed by atoms with van der Waals surface area (Å²) in [5.41, 5.74) is 0.368. The Balaban J connectivity index is 1.46. The van der Waals surface area contributed by atoms with Crippen molar-refractivity contribution >= 4 is 11.6 Å². The van der Waals surface area contributed by atoms with Crippen LogP contribution >= 0.6 is 0 Å². The van der Waals surface area contributed by atoms with Crippen LogP contribution in [0.2, 0.25) is 0 Å². The lowest BCUT2D eigenvalue weighted by molar-refractivity contribution is -0.173. The molecule has 0 aromatic carbocycles. The van der Waals surface area contributed by atoms with E-state index in [9.17, 15) is 9.59 Å². The average Bonchev–Trinajstić information content (AvgIpc) is 3.37. The highest BCUT2D eigenvalue weighted by molar-refractivity contribution is 5.88. The zero-order valence-electron chi connectivity index (χ0n) is 19.3. The fourth-order valence-electron chi connectivity index (χ4n) is 9.22. The summed E-state index contributed by atoms with van der Waals surface area (Å²) >= 11 is 0. The minimum Gasteiger partial charge on any atom is -0.350 e. The second kappa shape index (κ2) is 7.40. The summed E-state index contributed by atoms with van der Waals surface area (Å²) in [6.45, 7) is 10.8. The molecular formula is C26H40O4. The molecule has 168 valence electrons. The van der Waals surface area contributed by atoms with Gasteiger partial charge in [-0.25, -0.2) is 0 Å². The maximum atomic E-state index is 14.0. The predicted octanol–water partition coefficient (Wildman–Crippen LogP) is 5.04. The standard InChI is InChI=1S/C26H40O4/c1-5-17-21-14-16(27)8-10-26(21,4)20-9-11-25(3)18(15(2)24-29-12-13-30-24)6-7-19(25)22(20)23(17)28/h15,17-22,24H,5-14H2,1-4H3/t15-,17?,18+,19?,20?,21?,22?,25+,26+/m0/s1. The van der Waals surface area contributed by atoms with E-state index < -0.39 is 0 Å². The van der Waals surface area contributed by atoms with E-state index in [1.165, 1.54) is 19.3 Å². The van der Waals surface area contributed by atoms with Gasteiger partial charge in [0.25, 0.3) is 0 Å². The largest absolute Gasteiger partial charge is 0.350 e. The maximum absolute atomic E-state index is 14.0. The van der Waals surface area contributed by atoms with E-state index in [-0.39, 0.29) is 34.9 Å². The molecule has 0 spiro atoms. The Morgan fingerprint density at radius 3 is 2.37 bits per heavy atom. The minimum absolute atomic E-state index is 0.0694. The van der Waals surface area contributed by atoms with Crippen LogP contribution in [0, 0.1) is 52.3 Å². The zero-order valence-corrected chi connectivity index (χ0v) is 19.3. The second-order valence-electron chi connectivity index (χ2n) is 11.7. The van der Waals surface area contributed by atoms with E-state index in [1.807, 2.05) is 0 Å². The van der Waals surface area contributed by atoms with Gasteiger partial charge in [0, 0.05) is 30.6 Å². The van der Waals surface area contributed by atoms with Crippen molar-refractivity contribution in [3.63, 3.8) is 0 Å². The van der Waals surface area contributed by atoms with Crippen molar-refractivity contribution in [3.8, 4) is 0 Å². The molecule has 1 heterocycles. The lowest BCUT2D eigenvalue weighted by atomic mass is 9.42. The first kappa shape index (κ1) is 21.1. The molecular weight excluding hydrogens is 376 g/mol. The summed E-state index contributed by atoms with van der Waals surface area (Å²) < 4.78 is 11.8. The van der Waals surface area contributed by atoms with Crippen molar-refractivity contribution in [3.05, 3.63) is 0 Å². The van der Waals surface area contributed by atoms with Crippen LogP contribution in [-0.4, -0.2) is 31.1 Å². The summed E-state index contributed by atoms with van der Waals surface area (Å²) in [5, 5.41) is 0. The van der Waals surface area contributed by atoms with Gasteiger partial charge in [0.1, 0.15) is 11.6 Å². The highest BCUT2D eigenvalue weighted by Crippen LogP contribution is 2.68. The van der Waals surface area contributed by atoms with E-state index in [0.717, 1.165) is 25.7 Å². The second-order valence-corrected chi connectivity index (χ2v) is 11.7. The number of carbonyl (C=O) groups is 2. The monoisotopic (exact) mass is 416 g/mol. The van der Waals surface area contributed by atoms with Crippen molar-refractivity contribution in [2.24, 2.45) is 52.3 Å². The summed E-state index contributed by atoms with van der Waals surface area (Å²) in [6.07, 6.45) is 7.90. The molecule has 30 heavy (non-hydrogen) atoms. The fraction of sp³-hybridized carbons (Fsp3) is 0.923. The Bertz CT molecular complexity index is 712. The molecule has 4 aliphatic carbocycles. The number of hydrogen-bond donors (Lipinski definition) is 0. The molecule has 5 rings (SSSR count). The fourth-order valence-corrected chi connectivity index (χ4v) is 9.22. The first-order valence-electron chi connectivity index (χ1n) is 12.6. The molecule has 4 nitrogen and oxygen atoms in total. The number of hydrogen-bond acceptors (Lipinski definition) is 4. The van der Waals surface area contributed by atoms with Crippen molar-refractivity contribution in [2.75, 3.05) is 13.2 Å². The van der Waals surface area contributed by atoms with Crippen LogP contribution in [0.4, 0.5) is 0 Å². The van der Waals surface area contributed by atoms with E-state index in [1.54, 1.807) is 0 Å². The van der Waals surface area contributed by atoms with Crippen molar-refractivity contribution in [1.82, 2.24) is 0 Å². The summed E-state index contributed by atoms with van der Waals surface area (Å²) in [7, 11) is 0. The first-order valence-corrected chi connectivity index (χ1v) is 12.6. The third-order valence-corrected chi connectivity index (χ3v) is 10.8. The lowest BCUT2D eigenvalue weighted by Gasteiger charge is -2.61. The van der Waals surface area contributed by atoms with Gasteiger partial charge in [-0.15, -0.1) is 0 Å². The molecule has 0 bridgehead atoms. The van der Waals surface area contributed by atoms with Gasteiger partial charge in [0.15, 0.2) is 6.29 Å². The Morgan fingerprint density at radius 2 is 1.67 bits per heavy atom. The first-order chi connectivity index (χ1) is 14.3. The average molecular weight is 417 g/mol. The Kier molecular flexibility index (Phi) is 5.21. The van der Waals surface area contributed by atoms with Crippen molar-refractivity contribution in [1.29, 1.82) is 0 Å². The summed E-state index contributed by atoms with van der Waals surface area (Å²) in [6, 6.07) is 0.